The van der Waals surface area contributed by atoms with E-state index in [9.17, 15) is 14.4 Å². The van der Waals surface area contributed by atoms with Gasteiger partial charge in [0.25, 0.3) is 0 Å². The first kappa shape index (κ1) is 22.7. The zero-order valence-corrected chi connectivity index (χ0v) is 16.5. The SMILES string of the molecule is CC[C@H](C)[C@H](NC(=O)CCl)C(=O)N[C@H](C(=O)OC(C)(C)C)C(C)C. The van der Waals surface area contributed by atoms with E-state index >= 15 is 0 Å². The molecule has 0 aliphatic rings. The van der Waals surface area contributed by atoms with Crippen molar-refractivity contribution in [3.05, 3.63) is 0 Å². The van der Waals surface area contributed by atoms with Crippen LogP contribution in [0.4, 0.5) is 0 Å². The Labute approximate surface area is 150 Å². The Morgan fingerprint density at radius 2 is 1.58 bits per heavy atom. The molecule has 0 rings (SSSR count). The van der Waals surface area contributed by atoms with Crippen molar-refractivity contribution in [3.8, 4) is 0 Å². The minimum absolute atomic E-state index is 0.0939. The number of nitrogens with one attached hydrogen (secondary N) is 2. The normalized spacial score (nSPS) is 15.4. The number of hydrogen-bond donors (Lipinski definition) is 2. The molecule has 0 spiro atoms. The maximum absolute atomic E-state index is 12.6. The highest BCUT2D eigenvalue weighted by atomic mass is 35.5. The third-order valence-electron chi connectivity index (χ3n) is 3.56. The summed E-state index contributed by atoms with van der Waals surface area (Å²) in [6.45, 7) is 12.7. The molecule has 140 valence electrons. The van der Waals surface area contributed by atoms with Gasteiger partial charge in [-0.3, -0.25) is 9.59 Å². The van der Waals surface area contributed by atoms with Crippen LogP contribution in [0, 0.1) is 11.8 Å². The number of halogens is 1. The van der Waals surface area contributed by atoms with Crippen LogP contribution < -0.4 is 10.6 Å². The Balaban J connectivity index is 5.18. The predicted octanol–water partition coefficient (Wildman–Crippen LogP) is 2.24. The van der Waals surface area contributed by atoms with Gasteiger partial charge in [0.05, 0.1) is 0 Å². The van der Waals surface area contributed by atoms with Crippen molar-refractivity contribution in [2.75, 3.05) is 5.88 Å². The number of carbonyl (C=O) groups is 3. The minimum Gasteiger partial charge on any atom is -0.458 e. The van der Waals surface area contributed by atoms with Gasteiger partial charge in [0.1, 0.15) is 23.6 Å². The molecule has 0 aliphatic heterocycles. The Kier molecular flexibility index (Phi) is 9.33. The maximum Gasteiger partial charge on any atom is 0.329 e. The van der Waals surface area contributed by atoms with E-state index in [1.54, 1.807) is 20.8 Å². The van der Waals surface area contributed by atoms with Crippen LogP contribution in [-0.2, 0) is 19.1 Å². The first-order valence-corrected chi connectivity index (χ1v) is 8.84. The quantitative estimate of drug-likeness (QED) is 0.512. The third kappa shape index (κ3) is 7.99. The Morgan fingerprint density at radius 1 is 1.04 bits per heavy atom. The van der Waals surface area contributed by atoms with E-state index in [-0.39, 0.29) is 17.7 Å². The van der Waals surface area contributed by atoms with Gasteiger partial charge in [-0.2, -0.15) is 0 Å². The van der Waals surface area contributed by atoms with Crippen LogP contribution in [0.25, 0.3) is 0 Å². The summed E-state index contributed by atoms with van der Waals surface area (Å²) in [5, 5.41) is 5.33. The number of alkyl halides is 1. The molecule has 0 radical (unpaired) electrons. The summed E-state index contributed by atoms with van der Waals surface area (Å²) in [4.78, 5) is 36.5. The highest BCUT2D eigenvalue weighted by Gasteiger charge is 2.33. The molecule has 0 aliphatic carbocycles. The van der Waals surface area contributed by atoms with E-state index in [0.717, 1.165) is 0 Å². The first-order valence-electron chi connectivity index (χ1n) is 8.31. The largest absolute Gasteiger partial charge is 0.458 e. The fraction of sp³-hybridized carbons (Fsp3) is 0.824. The number of hydrogen-bond acceptors (Lipinski definition) is 4. The van der Waals surface area contributed by atoms with Crippen LogP contribution in [-0.4, -0.2) is 41.3 Å². The van der Waals surface area contributed by atoms with E-state index in [4.69, 9.17) is 16.3 Å². The van der Waals surface area contributed by atoms with Crippen LogP contribution in [0.1, 0.15) is 54.9 Å². The lowest BCUT2D eigenvalue weighted by Crippen LogP contribution is -2.56. The predicted molar refractivity (Wildman–Crippen MR) is 94.7 cm³/mol. The van der Waals surface area contributed by atoms with E-state index in [0.29, 0.717) is 6.42 Å². The zero-order valence-electron chi connectivity index (χ0n) is 15.7. The molecule has 0 saturated heterocycles. The summed E-state index contributed by atoms with van der Waals surface area (Å²) >= 11 is 5.51. The van der Waals surface area contributed by atoms with Crippen molar-refractivity contribution in [3.63, 3.8) is 0 Å². The molecule has 3 atom stereocenters. The van der Waals surface area contributed by atoms with E-state index in [1.807, 2.05) is 27.7 Å². The molecule has 0 heterocycles. The highest BCUT2D eigenvalue weighted by Crippen LogP contribution is 2.14. The maximum atomic E-state index is 12.6. The summed E-state index contributed by atoms with van der Waals surface area (Å²) in [5.41, 5.74) is -0.641. The van der Waals surface area contributed by atoms with Crippen molar-refractivity contribution in [2.45, 2.75) is 72.6 Å². The van der Waals surface area contributed by atoms with Gasteiger partial charge in [-0.1, -0.05) is 34.1 Å². The lowest BCUT2D eigenvalue weighted by Gasteiger charge is -2.29. The molecule has 0 fully saturated rings. The van der Waals surface area contributed by atoms with Crippen molar-refractivity contribution in [1.82, 2.24) is 10.6 Å². The molecule has 2 amide bonds. The summed E-state index contributed by atoms with van der Waals surface area (Å²) < 4.78 is 5.37. The highest BCUT2D eigenvalue weighted by molar-refractivity contribution is 6.27. The monoisotopic (exact) mass is 362 g/mol. The van der Waals surface area contributed by atoms with Gasteiger partial charge in [0.15, 0.2) is 0 Å². The molecular formula is C17H31ClN2O4. The number of carbonyl (C=O) groups excluding carboxylic acids is 3. The van der Waals surface area contributed by atoms with Gasteiger partial charge in [-0.25, -0.2) is 4.79 Å². The molecule has 0 unspecified atom stereocenters. The minimum atomic E-state index is -0.781. The summed E-state index contributed by atoms with van der Waals surface area (Å²) in [5.74, 6) is -1.78. The fourth-order valence-electron chi connectivity index (χ4n) is 2.02. The van der Waals surface area contributed by atoms with Crippen molar-refractivity contribution < 1.29 is 19.1 Å². The van der Waals surface area contributed by atoms with Gasteiger partial charge in [-0.05, 0) is 32.6 Å². The van der Waals surface area contributed by atoms with E-state index in [1.165, 1.54) is 0 Å². The fourth-order valence-corrected chi connectivity index (χ4v) is 2.10. The molecule has 0 bridgehead atoms. The number of ether oxygens (including phenoxy) is 1. The summed E-state index contributed by atoms with van der Waals surface area (Å²) in [6, 6.07) is -1.53. The Hall–Kier alpha value is -1.30. The van der Waals surface area contributed by atoms with Gasteiger partial charge in [0, 0.05) is 0 Å². The van der Waals surface area contributed by atoms with Crippen LogP contribution >= 0.6 is 11.6 Å². The molecule has 7 heteroatoms. The number of esters is 1. The van der Waals surface area contributed by atoms with Gasteiger partial charge in [-0.15, -0.1) is 11.6 Å². The van der Waals surface area contributed by atoms with Crippen molar-refractivity contribution in [1.29, 1.82) is 0 Å². The molecule has 24 heavy (non-hydrogen) atoms. The Morgan fingerprint density at radius 3 is 1.96 bits per heavy atom. The Bertz CT molecular complexity index is 446. The van der Waals surface area contributed by atoms with Crippen LogP contribution in [0.5, 0.6) is 0 Å². The molecule has 6 nitrogen and oxygen atoms in total. The molecule has 0 aromatic rings. The van der Waals surface area contributed by atoms with E-state index < -0.39 is 35.5 Å². The topological polar surface area (TPSA) is 84.5 Å². The molecular weight excluding hydrogens is 332 g/mol. The summed E-state index contributed by atoms with van der Waals surface area (Å²) in [6.07, 6.45) is 0.694. The molecule has 0 saturated carbocycles. The van der Waals surface area contributed by atoms with Crippen LogP contribution in [0.3, 0.4) is 0 Å². The third-order valence-corrected chi connectivity index (χ3v) is 3.80. The molecule has 0 aromatic heterocycles. The standard InChI is InChI=1S/C17H31ClN2O4/c1-8-11(4)14(19-12(21)9-18)15(22)20-13(10(2)3)16(23)24-17(5,6)7/h10-11,13-14H,8-9H2,1-7H3,(H,19,21)(H,20,22)/t11-,13-,14-/m0/s1. The smallest absolute Gasteiger partial charge is 0.329 e. The lowest BCUT2D eigenvalue weighted by molar-refractivity contribution is -0.160. The first-order chi connectivity index (χ1) is 10.9. The summed E-state index contributed by atoms with van der Waals surface area (Å²) in [7, 11) is 0. The average Bonchev–Trinajstić information content (AvgIpc) is 2.46. The second kappa shape index (κ2) is 9.87. The second-order valence-corrected chi connectivity index (χ2v) is 7.60. The van der Waals surface area contributed by atoms with Gasteiger partial charge < -0.3 is 15.4 Å². The lowest BCUT2D eigenvalue weighted by atomic mass is 9.96. The van der Waals surface area contributed by atoms with Crippen molar-refractivity contribution in [2.24, 2.45) is 11.8 Å². The average molecular weight is 363 g/mol. The zero-order chi connectivity index (χ0) is 19.1. The number of amides is 2. The van der Waals surface area contributed by atoms with E-state index in [2.05, 4.69) is 10.6 Å². The van der Waals surface area contributed by atoms with Crippen LogP contribution in [0.15, 0.2) is 0 Å². The van der Waals surface area contributed by atoms with Crippen LogP contribution in [0.2, 0.25) is 0 Å². The molecule has 0 aromatic carbocycles. The molecule has 2 N–H and O–H groups in total. The second-order valence-electron chi connectivity index (χ2n) is 7.33. The van der Waals surface area contributed by atoms with Gasteiger partial charge in [0.2, 0.25) is 11.8 Å². The van der Waals surface area contributed by atoms with Crippen molar-refractivity contribution >= 4 is 29.4 Å². The number of rotatable bonds is 8. The van der Waals surface area contributed by atoms with Gasteiger partial charge >= 0.3 is 5.97 Å².